The summed E-state index contributed by atoms with van der Waals surface area (Å²) < 4.78 is 12.4. The first-order valence-electron chi connectivity index (χ1n) is 18.9. The molecule has 0 saturated heterocycles. The minimum Gasteiger partial charge on any atom is -0.490 e. The summed E-state index contributed by atoms with van der Waals surface area (Å²) >= 11 is 0. The van der Waals surface area contributed by atoms with Crippen molar-refractivity contribution in [3.8, 4) is 11.5 Å². The number of anilines is 1. The zero-order valence-corrected chi connectivity index (χ0v) is 28.8. The summed E-state index contributed by atoms with van der Waals surface area (Å²) in [4.78, 5) is 0. The van der Waals surface area contributed by atoms with Crippen LogP contribution in [0.25, 0.3) is 0 Å². The van der Waals surface area contributed by atoms with Gasteiger partial charge in [-0.05, 0) is 25.0 Å². The number of nitrogens with one attached hydrogen (secondary N) is 1. The first-order valence-corrected chi connectivity index (χ1v) is 18.9. The predicted octanol–water partition coefficient (Wildman–Crippen LogP) is 13.4. The molecule has 0 fully saturated rings. The Labute approximate surface area is 263 Å². The summed E-state index contributed by atoms with van der Waals surface area (Å²) in [5, 5.41) is 3.24. The Bertz CT molecular complexity index is 676. The molecule has 246 valence electrons. The summed E-state index contributed by atoms with van der Waals surface area (Å²) in [5.41, 5.74) is 1.08. The van der Waals surface area contributed by atoms with Gasteiger partial charge in [-0.3, -0.25) is 0 Å². The van der Waals surface area contributed by atoms with Crippen LogP contribution in [-0.2, 0) is 0 Å². The monoisotopic (exact) mass is 588 g/mol. The highest BCUT2D eigenvalue weighted by Gasteiger charge is 2.07. The molecule has 0 atom stereocenters. The lowest BCUT2D eigenvalue weighted by Crippen LogP contribution is -2.03. The van der Waals surface area contributed by atoms with Gasteiger partial charge in [0.25, 0.3) is 0 Å². The fourth-order valence-electron chi connectivity index (χ4n) is 5.85. The van der Waals surface area contributed by atoms with E-state index < -0.39 is 0 Å². The number of ether oxygens (including phenoxy) is 2. The van der Waals surface area contributed by atoms with Gasteiger partial charge < -0.3 is 14.8 Å². The van der Waals surface area contributed by atoms with Crippen LogP contribution in [-0.4, -0.2) is 20.3 Å². The molecule has 0 unspecified atom stereocenters. The van der Waals surface area contributed by atoms with Crippen LogP contribution < -0.4 is 14.8 Å². The molecule has 0 spiro atoms. The molecule has 0 aromatic heterocycles. The van der Waals surface area contributed by atoms with Crippen molar-refractivity contribution in [3.63, 3.8) is 0 Å². The van der Waals surface area contributed by atoms with Gasteiger partial charge in [0.15, 0.2) is 11.5 Å². The Morgan fingerprint density at radius 1 is 0.405 bits per heavy atom. The molecule has 0 radical (unpaired) electrons. The quantitative estimate of drug-likeness (QED) is 0.0830. The van der Waals surface area contributed by atoms with E-state index in [9.17, 15) is 0 Å². The fraction of sp³-hybridized carbons (Fsp3) is 0.846. The average molecular weight is 588 g/mol. The Kier molecular flexibility index (Phi) is 28.6. The number of hydrogen-bond donors (Lipinski definition) is 1. The molecule has 1 aromatic carbocycles. The smallest absolute Gasteiger partial charge is 0.163 e. The molecular formula is C39H73NO2. The van der Waals surface area contributed by atoms with E-state index in [1.165, 1.54) is 167 Å². The molecule has 0 amide bonds. The predicted molar refractivity (Wildman–Crippen MR) is 188 cm³/mol. The number of benzene rings is 1. The largest absolute Gasteiger partial charge is 0.490 e. The maximum atomic E-state index is 6.20. The first kappa shape index (κ1) is 38.6. The van der Waals surface area contributed by atoms with Gasteiger partial charge in [-0.15, -0.1) is 0 Å². The molecule has 3 nitrogen and oxygen atoms in total. The molecule has 0 heterocycles. The van der Waals surface area contributed by atoms with E-state index in [4.69, 9.17) is 9.47 Å². The second-order valence-electron chi connectivity index (χ2n) is 12.8. The van der Waals surface area contributed by atoms with Crippen LogP contribution in [0, 0.1) is 0 Å². The molecule has 0 aliphatic rings. The highest BCUT2D eigenvalue weighted by Crippen LogP contribution is 2.31. The topological polar surface area (TPSA) is 30.5 Å². The van der Waals surface area contributed by atoms with Crippen molar-refractivity contribution in [2.45, 2.75) is 194 Å². The molecule has 42 heavy (non-hydrogen) atoms. The molecule has 0 aliphatic heterocycles. The maximum Gasteiger partial charge on any atom is 0.163 e. The minimum absolute atomic E-state index is 0.778. The Morgan fingerprint density at radius 2 is 0.714 bits per heavy atom. The normalized spacial score (nSPS) is 11.2. The second kappa shape index (κ2) is 31.1. The molecule has 1 N–H and O–H groups in total. The van der Waals surface area contributed by atoms with E-state index in [-0.39, 0.29) is 0 Å². The van der Waals surface area contributed by atoms with Crippen molar-refractivity contribution in [3.05, 3.63) is 18.2 Å². The van der Waals surface area contributed by atoms with Crippen molar-refractivity contribution in [2.75, 3.05) is 25.6 Å². The van der Waals surface area contributed by atoms with Crippen LogP contribution in [0.3, 0.4) is 0 Å². The van der Waals surface area contributed by atoms with E-state index in [0.717, 1.165) is 43.2 Å². The third-order valence-electron chi connectivity index (χ3n) is 8.74. The van der Waals surface area contributed by atoms with Gasteiger partial charge in [0, 0.05) is 18.8 Å². The van der Waals surface area contributed by atoms with Gasteiger partial charge in [0.1, 0.15) is 0 Å². The molecule has 0 aliphatic carbocycles. The Hall–Kier alpha value is -1.38. The molecule has 1 rings (SSSR count). The standard InChI is InChI=1S/C39H73NO2/c1-4-6-8-10-12-14-16-18-20-22-24-26-28-30-34-41-38-33-32-37(40-3)36-39(38)42-35-31-29-27-25-23-21-19-17-15-13-11-9-7-5-2/h32-33,36,40H,4-31,34-35H2,1-3H3. The maximum absolute atomic E-state index is 6.20. The van der Waals surface area contributed by atoms with E-state index in [0.29, 0.717) is 0 Å². The van der Waals surface area contributed by atoms with Crippen molar-refractivity contribution < 1.29 is 9.47 Å². The van der Waals surface area contributed by atoms with Crippen molar-refractivity contribution in [2.24, 2.45) is 0 Å². The molecular weight excluding hydrogens is 514 g/mol. The second-order valence-corrected chi connectivity index (χ2v) is 12.8. The zero-order chi connectivity index (χ0) is 30.2. The summed E-state index contributed by atoms with van der Waals surface area (Å²) in [6, 6.07) is 6.24. The zero-order valence-electron chi connectivity index (χ0n) is 28.8. The van der Waals surface area contributed by atoms with Crippen LogP contribution in [0.1, 0.15) is 194 Å². The van der Waals surface area contributed by atoms with Crippen LogP contribution in [0.15, 0.2) is 18.2 Å². The number of unbranched alkanes of at least 4 members (excludes halogenated alkanes) is 26. The van der Waals surface area contributed by atoms with E-state index in [2.05, 4.69) is 37.4 Å². The van der Waals surface area contributed by atoms with Gasteiger partial charge >= 0.3 is 0 Å². The Balaban J connectivity index is 2.02. The summed E-state index contributed by atoms with van der Waals surface area (Å²) in [6.07, 6.45) is 38.7. The van der Waals surface area contributed by atoms with Gasteiger partial charge in [-0.2, -0.15) is 0 Å². The first-order chi connectivity index (χ1) is 20.8. The summed E-state index contributed by atoms with van der Waals surface area (Å²) in [7, 11) is 1.96. The van der Waals surface area contributed by atoms with Crippen LogP contribution in [0.5, 0.6) is 11.5 Å². The number of hydrogen-bond acceptors (Lipinski definition) is 3. The SMILES string of the molecule is CCCCCCCCCCCCCCCCOc1ccc(NC)cc1OCCCCCCCCCCCCCCCC. The third kappa shape index (κ3) is 24.1. The van der Waals surface area contributed by atoms with Crippen molar-refractivity contribution in [1.29, 1.82) is 0 Å². The molecule has 0 bridgehead atoms. The van der Waals surface area contributed by atoms with Gasteiger partial charge in [0.2, 0.25) is 0 Å². The lowest BCUT2D eigenvalue weighted by molar-refractivity contribution is 0.258. The highest BCUT2D eigenvalue weighted by molar-refractivity contribution is 5.54. The van der Waals surface area contributed by atoms with Gasteiger partial charge in [0.05, 0.1) is 13.2 Å². The van der Waals surface area contributed by atoms with Crippen molar-refractivity contribution in [1.82, 2.24) is 0 Å². The average Bonchev–Trinajstić information content (AvgIpc) is 3.01. The summed E-state index contributed by atoms with van der Waals surface area (Å²) in [6.45, 7) is 6.15. The van der Waals surface area contributed by atoms with Crippen molar-refractivity contribution >= 4 is 5.69 Å². The minimum atomic E-state index is 0.778. The van der Waals surface area contributed by atoms with Crippen LogP contribution in [0.4, 0.5) is 5.69 Å². The number of rotatable bonds is 33. The highest BCUT2D eigenvalue weighted by atomic mass is 16.5. The van der Waals surface area contributed by atoms with Crippen LogP contribution in [0.2, 0.25) is 0 Å². The van der Waals surface area contributed by atoms with Gasteiger partial charge in [-0.25, -0.2) is 0 Å². The third-order valence-corrected chi connectivity index (χ3v) is 8.74. The fourth-order valence-corrected chi connectivity index (χ4v) is 5.85. The molecule has 3 heteroatoms. The van der Waals surface area contributed by atoms with E-state index in [1.54, 1.807) is 0 Å². The summed E-state index contributed by atoms with van der Waals surface area (Å²) in [5.74, 6) is 1.79. The van der Waals surface area contributed by atoms with E-state index in [1.807, 2.05) is 7.05 Å². The molecule has 1 aromatic rings. The lowest BCUT2D eigenvalue weighted by Gasteiger charge is -2.14. The Morgan fingerprint density at radius 3 is 1.05 bits per heavy atom. The van der Waals surface area contributed by atoms with E-state index >= 15 is 0 Å². The lowest BCUT2D eigenvalue weighted by atomic mass is 10.0. The van der Waals surface area contributed by atoms with Gasteiger partial charge in [-0.1, -0.05) is 181 Å². The van der Waals surface area contributed by atoms with Crippen LogP contribution >= 0.6 is 0 Å². The molecule has 0 saturated carbocycles.